The predicted octanol–water partition coefficient (Wildman–Crippen LogP) is 1.68. The maximum atomic E-state index is 5.97. The Morgan fingerprint density at radius 2 is 2.29 bits per heavy atom. The molecule has 2 unspecified atom stereocenters. The highest BCUT2D eigenvalue weighted by molar-refractivity contribution is 5.37. The molecule has 3 heteroatoms. The van der Waals surface area contributed by atoms with Gasteiger partial charge in [0.1, 0.15) is 5.82 Å². The van der Waals surface area contributed by atoms with Crippen molar-refractivity contribution >= 4 is 5.82 Å². The van der Waals surface area contributed by atoms with E-state index in [2.05, 4.69) is 16.4 Å². The number of nitrogens with two attached hydrogens (primary N) is 1. The number of anilines is 1. The molecule has 0 amide bonds. The molecule has 0 aliphatic heterocycles. The first-order valence-corrected chi connectivity index (χ1v) is 5.20. The van der Waals surface area contributed by atoms with Gasteiger partial charge in [-0.1, -0.05) is 6.07 Å². The molecule has 1 aliphatic carbocycles. The van der Waals surface area contributed by atoms with Crippen molar-refractivity contribution in [3.8, 4) is 0 Å². The summed E-state index contributed by atoms with van der Waals surface area (Å²) in [7, 11) is 0. The van der Waals surface area contributed by atoms with Crippen LogP contribution in [0, 0.1) is 6.92 Å². The van der Waals surface area contributed by atoms with Crippen LogP contribution in [0.1, 0.15) is 24.8 Å². The van der Waals surface area contributed by atoms with Gasteiger partial charge in [-0.3, -0.25) is 0 Å². The molecule has 1 aromatic rings. The van der Waals surface area contributed by atoms with Gasteiger partial charge in [-0.25, -0.2) is 4.98 Å². The lowest BCUT2D eigenvalue weighted by Crippen LogP contribution is -2.35. The molecule has 0 spiro atoms. The summed E-state index contributed by atoms with van der Waals surface area (Å²) in [6, 6.07) is 4.78. The van der Waals surface area contributed by atoms with Gasteiger partial charge in [0.2, 0.25) is 0 Å². The van der Waals surface area contributed by atoms with Gasteiger partial charge in [0, 0.05) is 18.3 Å². The highest BCUT2D eigenvalue weighted by Crippen LogP contribution is 2.20. The monoisotopic (exact) mass is 191 g/mol. The number of nitrogens with zero attached hydrogens (tertiary/aromatic N) is 1. The zero-order valence-corrected chi connectivity index (χ0v) is 8.53. The highest BCUT2D eigenvalue weighted by Gasteiger charge is 2.23. The van der Waals surface area contributed by atoms with Gasteiger partial charge >= 0.3 is 0 Å². The summed E-state index contributed by atoms with van der Waals surface area (Å²) in [6.45, 7) is 2.04. The summed E-state index contributed by atoms with van der Waals surface area (Å²) < 4.78 is 0. The topological polar surface area (TPSA) is 50.9 Å². The minimum atomic E-state index is 0.290. The first-order valence-electron chi connectivity index (χ1n) is 5.20. The number of nitrogens with one attached hydrogen (secondary N) is 1. The Morgan fingerprint density at radius 1 is 1.43 bits per heavy atom. The number of hydrogen-bond donors (Lipinski definition) is 2. The van der Waals surface area contributed by atoms with Crippen LogP contribution in [0.3, 0.4) is 0 Å². The molecular formula is C11H17N3. The van der Waals surface area contributed by atoms with E-state index in [9.17, 15) is 0 Å². The second kappa shape index (κ2) is 3.96. The SMILES string of the molecule is Cc1ccc(NC2CCCC2N)nc1. The van der Waals surface area contributed by atoms with Gasteiger partial charge in [-0.2, -0.15) is 0 Å². The Morgan fingerprint density at radius 3 is 2.86 bits per heavy atom. The fourth-order valence-electron chi connectivity index (χ4n) is 1.91. The van der Waals surface area contributed by atoms with Crippen LogP contribution in [0.25, 0.3) is 0 Å². The second-order valence-electron chi connectivity index (χ2n) is 4.07. The van der Waals surface area contributed by atoms with E-state index in [-0.39, 0.29) is 6.04 Å². The quantitative estimate of drug-likeness (QED) is 0.747. The number of rotatable bonds is 2. The lowest BCUT2D eigenvalue weighted by atomic mass is 10.2. The van der Waals surface area contributed by atoms with Crippen molar-refractivity contribution in [3.63, 3.8) is 0 Å². The zero-order valence-electron chi connectivity index (χ0n) is 8.53. The van der Waals surface area contributed by atoms with E-state index < -0.39 is 0 Å². The van der Waals surface area contributed by atoms with E-state index in [0.717, 1.165) is 18.7 Å². The average molecular weight is 191 g/mol. The summed E-state index contributed by atoms with van der Waals surface area (Å²) in [5.74, 6) is 0.943. The number of hydrogen-bond acceptors (Lipinski definition) is 3. The van der Waals surface area contributed by atoms with Crippen LogP contribution < -0.4 is 11.1 Å². The van der Waals surface area contributed by atoms with Gasteiger partial charge in [-0.15, -0.1) is 0 Å². The van der Waals surface area contributed by atoms with Gasteiger partial charge in [0.25, 0.3) is 0 Å². The molecule has 1 aliphatic rings. The summed E-state index contributed by atoms with van der Waals surface area (Å²) in [5.41, 5.74) is 7.15. The van der Waals surface area contributed by atoms with Crippen molar-refractivity contribution in [2.45, 2.75) is 38.3 Å². The third kappa shape index (κ3) is 2.04. The van der Waals surface area contributed by atoms with Crippen molar-refractivity contribution in [1.29, 1.82) is 0 Å². The lowest BCUT2D eigenvalue weighted by molar-refractivity contribution is 0.635. The largest absolute Gasteiger partial charge is 0.366 e. The standard InChI is InChI=1S/C11H17N3/c1-8-5-6-11(13-7-8)14-10-4-2-3-9(10)12/h5-7,9-10H,2-4,12H2,1H3,(H,13,14). The average Bonchev–Trinajstić information content (AvgIpc) is 2.56. The van der Waals surface area contributed by atoms with Gasteiger partial charge in [-0.05, 0) is 37.8 Å². The van der Waals surface area contributed by atoms with Crippen molar-refractivity contribution < 1.29 is 0 Å². The summed E-state index contributed by atoms with van der Waals surface area (Å²) in [6.07, 6.45) is 5.40. The van der Waals surface area contributed by atoms with E-state index in [0.29, 0.717) is 6.04 Å². The summed E-state index contributed by atoms with van der Waals surface area (Å²) in [4.78, 5) is 4.31. The Balaban J connectivity index is 2.00. The van der Waals surface area contributed by atoms with Crippen LogP contribution in [-0.4, -0.2) is 17.1 Å². The van der Waals surface area contributed by atoms with E-state index in [1.54, 1.807) is 0 Å². The molecule has 0 aromatic carbocycles. The molecular weight excluding hydrogens is 174 g/mol. The van der Waals surface area contributed by atoms with Crippen molar-refractivity contribution in [3.05, 3.63) is 23.9 Å². The number of pyridine rings is 1. The Labute approximate surface area is 84.7 Å². The normalized spacial score (nSPS) is 26.4. The van der Waals surface area contributed by atoms with Gasteiger partial charge < -0.3 is 11.1 Å². The van der Waals surface area contributed by atoms with E-state index >= 15 is 0 Å². The Kier molecular flexibility index (Phi) is 2.68. The van der Waals surface area contributed by atoms with Crippen LogP contribution in [-0.2, 0) is 0 Å². The molecule has 1 heterocycles. The van der Waals surface area contributed by atoms with Crippen LogP contribution in [0.15, 0.2) is 18.3 Å². The zero-order chi connectivity index (χ0) is 9.97. The van der Waals surface area contributed by atoms with Crippen LogP contribution in [0.5, 0.6) is 0 Å². The smallest absolute Gasteiger partial charge is 0.126 e. The summed E-state index contributed by atoms with van der Waals surface area (Å²) in [5, 5.41) is 3.38. The fraction of sp³-hybridized carbons (Fsp3) is 0.545. The lowest BCUT2D eigenvalue weighted by Gasteiger charge is -2.17. The molecule has 0 saturated heterocycles. The van der Waals surface area contributed by atoms with Crippen molar-refractivity contribution in [2.24, 2.45) is 5.73 Å². The Bertz CT molecular complexity index is 294. The van der Waals surface area contributed by atoms with Crippen LogP contribution in [0.2, 0.25) is 0 Å². The second-order valence-corrected chi connectivity index (χ2v) is 4.07. The van der Waals surface area contributed by atoms with Gasteiger partial charge in [0.15, 0.2) is 0 Å². The fourth-order valence-corrected chi connectivity index (χ4v) is 1.91. The number of aryl methyl sites for hydroxylation is 1. The minimum Gasteiger partial charge on any atom is -0.366 e. The van der Waals surface area contributed by atoms with Crippen LogP contribution >= 0.6 is 0 Å². The first-order chi connectivity index (χ1) is 6.75. The molecule has 3 N–H and O–H groups in total. The van der Waals surface area contributed by atoms with E-state index in [4.69, 9.17) is 5.73 Å². The van der Waals surface area contributed by atoms with Gasteiger partial charge in [0.05, 0.1) is 0 Å². The molecule has 2 atom stereocenters. The maximum absolute atomic E-state index is 5.97. The highest BCUT2D eigenvalue weighted by atomic mass is 15.0. The van der Waals surface area contributed by atoms with Crippen molar-refractivity contribution in [2.75, 3.05) is 5.32 Å². The minimum absolute atomic E-state index is 0.290. The molecule has 2 rings (SSSR count). The molecule has 0 bridgehead atoms. The first kappa shape index (κ1) is 9.46. The molecule has 1 fully saturated rings. The third-order valence-corrected chi connectivity index (χ3v) is 2.81. The number of aromatic nitrogens is 1. The Hall–Kier alpha value is -1.09. The molecule has 1 aromatic heterocycles. The molecule has 3 nitrogen and oxygen atoms in total. The maximum Gasteiger partial charge on any atom is 0.126 e. The predicted molar refractivity (Wildman–Crippen MR) is 58.2 cm³/mol. The molecule has 0 radical (unpaired) electrons. The van der Waals surface area contributed by atoms with E-state index in [1.165, 1.54) is 12.0 Å². The van der Waals surface area contributed by atoms with E-state index in [1.807, 2.05) is 19.2 Å². The molecule has 76 valence electrons. The van der Waals surface area contributed by atoms with Crippen LogP contribution in [0.4, 0.5) is 5.82 Å². The molecule has 14 heavy (non-hydrogen) atoms. The van der Waals surface area contributed by atoms with Crippen molar-refractivity contribution in [1.82, 2.24) is 4.98 Å². The summed E-state index contributed by atoms with van der Waals surface area (Å²) >= 11 is 0. The third-order valence-electron chi connectivity index (χ3n) is 2.81. The molecule has 1 saturated carbocycles.